The second-order valence-electron chi connectivity index (χ2n) is 1.93. The smallest absolute Gasteiger partial charge is 0.0281 e. The average molecular weight is 110 g/mol. The SMILES string of the molecule is C[C@@H](N)c1cc[nH]c1. The summed E-state index contributed by atoms with van der Waals surface area (Å²) in [6, 6.07) is 2.13. The molecule has 2 heteroatoms. The van der Waals surface area contributed by atoms with Crippen molar-refractivity contribution in [2.75, 3.05) is 0 Å². The first-order valence-electron chi connectivity index (χ1n) is 2.69. The second-order valence-corrected chi connectivity index (χ2v) is 1.93. The highest BCUT2D eigenvalue weighted by Crippen LogP contribution is 2.05. The van der Waals surface area contributed by atoms with E-state index in [-0.39, 0.29) is 6.04 Å². The van der Waals surface area contributed by atoms with Crippen LogP contribution < -0.4 is 5.73 Å². The molecule has 0 bridgehead atoms. The van der Waals surface area contributed by atoms with Crippen LogP contribution in [0.5, 0.6) is 0 Å². The molecule has 1 atom stereocenters. The van der Waals surface area contributed by atoms with Crippen molar-refractivity contribution in [2.24, 2.45) is 5.73 Å². The summed E-state index contributed by atoms with van der Waals surface area (Å²) < 4.78 is 0. The summed E-state index contributed by atoms with van der Waals surface area (Å²) in [6.45, 7) is 1.96. The van der Waals surface area contributed by atoms with E-state index in [0.29, 0.717) is 0 Å². The van der Waals surface area contributed by atoms with Crippen LogP contribution in [0, 0.1) is 0 Å². The maximum absolute atomic E-state index is 5.54. The zero-order valence-corrected chi connectivity index (χ0v) is 4.89. The van der Waals surface area contributed by atoms with Gasteiger partial charge in [0.2, 0.25) is 0 Å². The fraction of sp³-hybridized carbons (Fsp3) is 0.333. The first kappa shape index (κ1) is 5.38. The van der Waals surface area contributed by atoms with Gasteiger partial charge in [0, 0.05) is 18.4 Å². The Labute approximate surface area is 48.7 Å². The summed E-state index contributed by atoms with van der Waals surface area (Å²) in [5.74, 6) is 0. The Bertz CT molecular complexity index is 142. The fourth-order valence-electron chi connectivity index (χ4n) is 0.620. The Morgan fingerprint density at radius 1 is 1.75 bits per heavy atom. The molecule has 0 amide bonds. The van der Waals surface area contributed by atoms with Crippen LogP contribution >= 0.6 is 0 Å². The topological polar surface area (TPSA) is 41.8 Å². The highest BCUT2D eigenvalue weighted by atomic mass is 14.7. The second kappa shape index (κ2) is 2.01. The molecule has 0 spiro atoms. The number of rotatable bonds is 1. The molecule has 0 fully saturated rings. The Morgan fingerprint density at radius 3 is 2.75 bits per heavy atom. The predicted molar refractivity (Wildman–Crippen MR) is 33.4 cm³/mol. The lowest BCUT2D eigenvalue weighted by Gasteiger charge is -1.96. The quantitative estimate of drug-likeness (QED) is 0.557. The van der Waals surface area contributed by atoms with Gasteiger partial charge in [-0.2, -0.15) is 0 Å². The highest BCUT2D eigenvalue weighted by molar-refractivity contribution is 5.11. The van der Waals surface area contributed by atoms with Crippen molar-refractivity contribution in [3.8, 4) is 0 Å². The Kier molecular flexibility index (Phi) is 1.35. The van der Waals surface area contributed by atoms with Crippen molar-refractivity contribution in [1.82, 2.24) is 4.98 Å². The molecular formula is C6H10N2. The van der Waals surface area contributed by atoms with Crippen LogP contribution in [0.2, 0.25) is 0 Å². The van der Waals surface area contributed by atoms with E-state index in [4.69, 9.17) is 5.73 Å². The third-order valence-electron chi connectivity index (χ3n) is 1.15. The Morgan fingerprint density at radius 2 is 2.50 bits per heavy atom. The van der Waals surface area contributed by atoms with Gasteiger partial charge in [0.25, 0.3) is 0 Å². The van der Waals surface area contributed by atoms with Crippen LogP contribution in [0.15, 0.2) is 18.5 Å². The molecule has 0 saturated heterocycles. The molecule has 0 aliphatic heterocycles. The lowest BCUT2D eigenvalue weighted by molar-refractivity contribution is 0.820. The van der Waals surface area contributed by atoms with E-state index >= 15 is 0 Å². The van der Waals surface area contributed by atoms with Crippen LogP contribution in [0.4, 0.5) is 0 Å². The Hall–Kier alpha value is -0.760. The van der Waals surface area contributed by atoms with Crippen molar-refractivity contribution in [3.63, 3.8) is 0 Å². The predicted octanol–water partition coefficient (Wildman–Crippen LogP) is 1.03. The molecule has 0 unspecified atom stereocenters. The maximum atomic E-state index is 5.54. The van der Waals surface area contributed by atoms with Gasteiger partial charge in [-0.3, -0.25) is 0 Å². The van der Waals surface area contributed by atoms with Gasteiger partial charge in [0.1, 0.15) is 0 Å². The minimum absolute atomic E-state index is 0.154. The molecular weight excluding hydrogens is 100 g/mol. The number of H-pyrrole nitrogens is 1. The van der Waals surface area contributed by atoms with Crippen LogP contribution in [-0.2, 0) is 0 Å². The highest BCUT2D eigenvalue weighted by Gasteiger charge is 1.95. The molecule has 1 aromatic heterocycles. The molecule has 1 heterocycles. The zero-order chi connectivity index (χ0) is 5.98. The summed E-state index contributed by atoms with van der Waals surface area (Å²) in [5, 5.41) is 0. The molecule has 2 nitrogen and oxygen atoms in total. The molecule has 1 rings (SSSR count). The van der Waals surface area contributed by atoms with E-state index in [1.165, 1.54) is 0 Å². The first-order valence-corrected chi connectivity index (χ1v) is 2.69. The average Bonchev–Trinajstić information content (AvgIpc) is 2.12. The van der Waals surface area contributed by atoms with E-state index in [9.17, 15) is 0 Å². The van der Waals surface area contributed by atoms with Crippen molar-refractivity contribution in [3.05, 3.63) is 24.0 Å². The van der Waals surface area contributed by atoms with Crippen molar-refractivity contribution < 1.29 is 0 Å². The van der Waals surface area contributed by atoms with Crippen LogP contribution in [0.25, 0.3) is 0 Å². The van der Waals surface area contributed by atoms with Crippen LogP contribution in [-0.4, -0.2) is 4.98 Å². The number of aromatic nitrogens is 1. The third-order valence-corrected chi connectivity index (χ3v) is 1.15. The number of nitrogens with two attached hydrogens (primary N) is 1. The summed E-state index contributed by atoms with van der Waals surface area (Å²) in [4.78, 5) is 2.93. The molecule has 44 valence electrons. The van der Waals surface area contributed by atoms with Gasteiger partial charge in [-0.1, -0.05) is 0 Å². The summed E-state index contributed by atoms with van der Waals surface area (Å²) >= 11 is 0. The van der Waals surface area contributed by atoms with Gasteiger partial charge in [-0.25, -0.2) is 0 Å². The van der Waals surface area contributed by atoms with Gasteiger partial charge >= 0.3 is 0 Å². The lowest BCUT2D eigenvalue weighted by atomic mass is 10.2. The number of hydrogen-bond acceptors (Lipinski definition) is 1. The first-order chi connectivity index (χ1) is 3.80. The van der Waals surface area contributed by atoms with Crippen molar-refractivity contribution >= 4 is 0 Å². The Balaban J connectivity index is 2.77. The fourth-order valence-corrected chi connectivity index (χ4v) is 0.620. The van der Waals surface area contributed by atoms with Gasteiger partial charge in [0.15, 0.2) is 0 Å². The van der Waals surface area contributed by atoms with E-state index in [1.54, 1.807) is 0 Å². The van der Waals surface area contributed by atoms with E-state index in [2.05, 4.69) is 4.98 Å². The van der Waals surface area contributed by atoms with Crippen LogP contribution in [0.1, 0.15) is 18.5 Å². The minimum Gasteiger partial charge on any atom is -0.367 e. The summed E-state index contributed by atoms with van der Waals surface area (Å²) in [5.41, 5.74) is 6.70. The molecule has 0 aliphatic carbocycles. The lowest BCUT2D eigenvalue weighted by Crippen LogP contribution is -2.02. The van der Waals surface area contributed by atoms with E-state index < -0.39 is 0 Å². The minimum atomic E-state index is 0.154. The maximum Gasteiger partial charge on any atom is 0.0281 e. The molecule has 0 radical (unpaired) electrons. The summed E-state index contributed by atoms with van der Waals surface area (Å²) in [6.07, 6.45) is 3.78. The van der Waals surface area contributed by atoms with E-state index in [1.807, 2.05) is 25.4 Å². The summed E-state index contributed by atoms with van der Waals surface area (Å²) in [7, 11) is 0. The van der Waals surface area contributed by atoms with Crippen LogP contribution in [0.3, 0.4) is 0 Å². The molecule has 0 saturated carbocycles. The molecule has 0 aliphatic rings. The van der Waals surface area contributed by atoms with E-state index in [0.717, 1.165) is 5.56 Å². The number of aromatic amines is 1. The normalized spacial score (nSPS) is 13.8. The van der Waals surface area contributed by atoms with Gasteiger partial charge < -0.3 is 10.7 Å². The van der Waals surface area contributed by atoms with Crippen molar-refractivity contribution in [2.45, 2.75) is 13.0 Å². The van der Waals surface area contributed by atoms with Gasteiger partial charge in [-0.05, 0) is 18.6 Å². The van der Waals surface area contributed by atoms with Gasteiger partial charge in [0.05, 0.1) is 0 Å². The largest absolute Gasteiger partial charge is 0.367 e. The zero-order valence-electron chi connectivity index (χ0n) is 4.89. The molecule has 1 aromatic rings. The molecule has 3 N–H and O–H groups in total. The molecule has 8 heavy (non-hydrogen) atoms. The number of nitrogens with one attached hydrogen (secondary N) is 1. The third kappa shape index (κ3) is 0.898. The van der Waals surface area contributed by atoms with Gasteiger partial charge in [-0.15, -0.1) is 0 Å². The molecule has 0 aromatic carbocycles. The number of hydrogen-bond donors (Lipinski definition) is 2. The van der Waals surface area contributed by atoms with Crippen molar-refractivity contribution in [1.29, 1.82) is 0 Å². The standard InChI is InChI=1S/C6H10N2/c1-5(7)6-2-3-8-4-6/h2-5,8H,7H2,1H3/t5-/m1/s1. The monoisotopic (exact) mass is 110 g/mol.